The molecule has 2 heterocycles. The largest absolute Gasteiger partial charge is 0.341 e. The summed E-state index contributed by atoms with van der Waals surface area (Å²) in [5.41, 5.74) is 3.12. The van der Waals surface area contributed by atoms with Gasteiger partial charge in [-0.05, 0) is 24.5 Å². The second kappa shape index (κ2) is 3.89. The molecule has 3 heteroatoms. The van der Waals surface area contributed by atoms with Crippen molar-refractivity contribution in [1.29, 1.82) is 0 Å². The van der Waals surface area contributed by atoms with E-state index in [2.05, 4.69) is 27.9 Å². The molecule has 0 spiro atoms. The molecule has 2 aromatic rings. The van der Waals surface area contributed by atoms with Crippen LogP contribution in [0.15, 0.2) is 12.3 Å². The van der Waals surface area contributed by atoms with Gasteiger partial charge in [0.2, 0.25) is 0 Å². The molecule has 0 aromatic carbocycles. The monoisotopic (exact) mass is 215 g/mol. The summed E-state index contributed by atoms with van der Waals surface area (Å²) in [6.45, 7) is 2.06. The van der Waals surface area contributed by atoms with Crippen molar-refractivity contribution in [1.82, 2.24) is 15.0 Å². The molecule has 0 atom stereocenters. The Morgan fingerprint density at radius 2 is 2.19 bits per heavy atom. The Hall–Kier alpha value is -1.38. The maximum atomic E-state index is 4.55. The zero-order valence-electron chi connectivity index (χ0n) is 9.66. The van der Waals surface area contributed by atoms with Gasteiger partial charge in [-0.2, -0.15) is 0 Å². The lowest BCUT2D eigenvalue weighted by molar-refractivity contribution is 0.534. The van der Waals surface area contributed by atoms with Crippen LogP contribution in [0.2, 0.25) is 0 Å². The fourth-order valence-electron chi connectivity index (χ4n) is 2.64. The van der Waals surface area contributed by atoms with E-state index in [1.165, 1.54) is 31.2 Å². The van der Waals surface area contributed by atoms with Crippen LogP contribution in [0, 0.1) is 12.8 Å². The summed E-state index contributed by atoms with van der Waals surface area (Å²) in [6, 6.07) is 2.12. The molecule has 2 aromatic heterocycles. The number of rotatable bonds is 2. The van der Waals surface area contributed by atoms with Gasteiger partial charge in [0.15, 0.2) is 5.65 Å². The highest BCUT2D eigenvalue weighted by atomic mass is 15.0. The van der Waals surface area contributed by atoms with Crippen molar-refractivity contribution in [2.75, 3.05) is 0 Å². The fourth-order valence-corrected chi connectivity index (χ4v) is 2.64. The number of nitrogens with one attached hydrogen (secondary N) is 1. The van der Waals surface area contributed by atoms with Crippen molar-refractivity contribution < 1.29 is 0 Å². The number of aromatic amines is 1. The number of imidazole rings is 1. The molecule has 1 aliphatic carbocycles. The van der Waals surface area contributed by atoms with Gasteiger partial charge in [0.25, 0.3) is 0 Å². The Balaban J connectivity index is 1.86. The number of H-pyrrole nitrogens is 1. The van der Waals surface area contributed by atoms with Crippen LogP contribution in [-0.4, -0.2) is 15.0 Å². The van der Waals surface area contributed by atoms with E-state index < -0.39 is 0 Å². The van der Waals surface area contributed by atoms with Gasteiger partial charge in [-0.25, -0.2) is 9.97 Å². The molecule has 0 saturated heterocycles. The van der Waals surface area contributed by atoms with Gasteiger partial charge in [-0.15, -0.1) is 0 Å². The Labute approximate surface area is 95.3 Å². The first-order valence-electron chi connectivity index (χ1n) is 6.12. The van der Waals surface area contributed by atoms with Crippen LogP contribution in [0.5, 0.6) is 0 Å². The predicted molar refractivity (Wildman–Crippen MR) is 64.3 cm³/mol. The smallest absolute Gasteiger partial charge is 0.177 e. The van der Waals surface area contributed by atoms with Crippen molar-refractivity contribution in [3.05, 3.63) is 23.7 Å². The Morgan fingerprint density at radius 1 is 1.38 bits per heavy atom. The highest BCUT2D eigenvalue weighted by molar-refractivity contribution is 5.70. The first kappa shape index (κ1) is 9.82. The lowest BCUT2D eigenvalue weighted by Crippen LogP contribution is -2.00. The minimum Gasteiger partial charge on any atom is -0.341 e. The third-order valence-corrected chi connectivity index (χ3v) is 3.48. The SMILES string of the molecule is Cc1cnc2nc(CC3CCCC3)[nH]c2c1. The second-order valence-electron chi connectivity index (χ2n) is 4.92. The molecule has 16 heavy (non-hydrogen) atoms. The second-order valence-corrected chi connectivity index (χ2v) is 4.92. The molecule has 0 unspecified atom stereocenters. The standard InChI is InChI=1S/C13H17N3/c1-9-6-11-13(14-8-9)16-12(15-11)7-10-4-2-3-5-10/h6,8,10H,2-5,7H2,1H3,(H,14,15,16). The van der Waals surface area contributed by atoms with Crippen molar-refractivity contribution in [2.24, 2.45) is 5.92 Å². The summed E-state index contributed by atoms with van der Waals surface area (Å²) in [7, 11) is 0. The normalized spacial score (nSPS) is 17.3. The first-order valence-corrected chi connectivity index (χ1v) is 6.12. The Kier molecular flexibility index (Phi) is 2.39. The molecule has 0 amide bonds. The van der Waals surface area contributed by atoms with E-state index in [4.69, 9.17) is 0 Å². The summed E-state index contributed by atoms with van der Waals surface area (Å²) in [5.74, 6) is 1.95. The highest BCUT2D eigenvalue weighted by Gasteiger charge is 2.17. The first-order chi connectivity index (χ1) is 7.81. The molecule has 0 radical (unpaired) electrons. The van der Waals surface area contributed by atoms with Crippen LogP contribution in [0.1, 0.15) is 37.1 Å². The molecular weight excluding hydrogens is 198 g/mol. The lowest BCUT2D eigenvalue weighted by Gasteiger charge is -2.04. The number of aryl methyl sites for hydroxylation is 1. The third-order valence-electron chi connectivity index (χ3n) is 3.48. The fraction of sp³-hybridized carbons (Fsp3) is 0.538. The van der Waals surface area contributed by atoms with Crippen LogP contribution >= 0.6 is 0 Å². The number of pyridine rings is 1. The molecule has 3 nitrogen and oxygen atoms in total. The van der Waals surface area contributed by atoms with E-state index in [-0.39, 0.29) is 0 Å². The van der Waals surface area contributed by atoms with Crippen LogP contribution < -0.4 is 0 Å². The third kappa shape index (κ3) is 1.82. The maximum Gasteiger partial charge on any atom is 0.177 e. The highest BCUT2D eigenvalue weighted by Crippen LogP contribution is 2.27. The number of hydrogen-bond acceptors (Lipinski definition) is 2. The van der Waals surface area contributed by atoms with E-state index in [9.17, 15) is 0 Å². The minimum atomic E-state index is 0.835. The number of aromatic nitrogens is 3. The van der Waals surface area contributed by atoms with Crippen LogP contribution in [0.25, 0.3) is 11.2 Å². The van der Waals surface area contributed by atoms with Crippen LogP contribution in [-0.2, 0) is 6.42 Å². The van der Waals surface area contributed by atoms with Crippen molar-refractivity contribution in [3.63, 3.8) is 0 Å². The zero-order chi connectivity index (χ0) is 11.0. The van der Waals surface area contributed by atoms with Gasteiger partial charge < -0.3 is 4.98 Å². The average molecular weight is 215 g/mol. The Morgan fingerprint density at radius 3 is 3.00 bits per heavy atom. The summed E-state index contributed by atoms with van der Waals surface area (Å²) in [5, 5.41) is 0. The summed E-state index contributed by atoms with van der Waals surface area (Å²) < 4.78 is 0. The average Bonchev–Trinajstić information content (AvgIpc) is 2.86. The van der Waals surface area contributed by atoms with Gasteiger partial charge in [0.05, 0.1) is 5.52 Å². The summed E-state index contributed by atoms with van der Waals surface area (Å²) >= 11 is 0. The lowest BCUT2D eigenvalue weighted by atomic mass is 10.0. The Bertz CT molecular complexity index is 495. The predicted octanol–water partition coefficient (Wildman–Crippen LogP) is 3.00. The maximum absolute atomic E-state index is 4.55. The molecule has 0 aliphatic heterocycles. The quantitative estimate of drug-likeness (QED) is 0.836. The summed E-state index contributed by atoms with van der Waals surface area (Å²) in [4.78, 5) is 12.3. The van der Waals surface area contributed by atoms with Crippen molar-refractivity contribution in [2.45, 2.75) is 39.0 Å². The molecule has 0 bridgehead atoms. The van der Waals surface area contributed by atoms with Gasteiger partial charge in [-0.3, -0.25) is 0 Å². The van der Waals surface area contributed by atoms with Crippen LogP contribution in [0.4, 0.5) is 0 Å². The number of fused-ring (bicyclic) bond motifs is 1. The van der Waals surface area contributed by atoms with E-state index in [0.717, 1.165) is 29.3 Å². The van der Waals surface area contributed by atoms with Gasteiger partial charge in [-0.1, -0.05) is 25.7 Å². The molecule has 1 saturated carbocycles. The van der Waals surface area contributed by atoms with E-state index >= 15 is 0 Å². The molecule has 84 valence electrons. The molecule has 3 rings (SSSR count). The van der Waals surface area contributed by atoms with E-state index in [1.807, 2.05) is 6.20 Å². The zero-order valence-corrected chi connectivity index (χ0v) is 9.66. The molecule has 1 aliphatic rings. The van der Waals surface area contributed by atoms with Crippen molar-refractivity contribution >= 4 is 11.2 Å². The number of hydrogen-bond donors (Lipinski definition) is 1. The molecular formula is C13H17N3. The van der Waals surface area contributed by atoms with Crippen molar-refractivity contribution in [3.8, 4) is 0 Å². The van der Waals surface area contributed by atoms with E-state index in [1.54, 1.807) is 0 Å². The van der Waals surface area contributed by atoms with Gasteiger partial charge in [0.1, 0.15) is 5.82 Å². The summed E-state index contributed by atoms with van der Waals surface area (Å²) in [6.07, 6.45) is 8.48. The topological polar surface area (TPSA) is 41.6 Å². The van der Waals surface area contributed by atoms with E-state index in [0.29, 0.717) is 0 Å². The van der Waals surface area contributed by atoms with Gasteiger partial charge in [0, 0.05) is 12.6 Å². The minimum absolute atomic E-state index is 0.835. The van der Waals surface area contributed by atoms with Crippen LogP contribution in [0.3, 0.4) is 0 Å². The molecule has 1 fully saturated rings. The molecule has 1 N–H and O–H groups in total. The number of nitrogens with zero attached hydrogens (tertiary/aromatic N) is 2. The van der Waals surface area contributed by atoms with Gasteiger partial charge >= 0.3 is 0 Å².